The fourth-order valence-electron chi connectivity index (χ4n) is 4.15. The van der Waals surface area contributed by atoms with E-state index in [1.165, 1.54) is 9.91 Å². The van der Waals surface area contributed by atoms with Crippen molar-refractivity contribution in [2.45, 2.75) is 52.4 Å². The number of nitrogens with zero attached hydrogens (tertiary/aromatic N) is 3. The Hall–Kier alpha value is -3.19. The molecule has 7 nitrogen and oxygen atoms in total. The Bertz CT molecular complexity index is 1110. The van der Waals surface area contributed by atoms with Crippen LogP contribution in [0, 0.1) is 6.92 Å². The summed E-state index contributed by atoms with van der Waals surface area (Å²) in [7, 11) is 1.67. The zero-order valence-electron chi connectivity index (χ0n) is 19.9. The van der Waals surface area contributed by atoms with Gasteiger partial charge in [-0.25, -0.2) is 5.01 Å². The molecule has 8 heteroatoms. The van der Waals surface area contributed by atoms with Crippen LogP contribution in [0.3, 0.4) is 0 Å². The van der Waals surface area contributed by atoms with Crippen LogP contribution in [-0.2, 0) is 16.0 Å². The first-order valence-corrected chi connectivity index (χ1v) is 11.9. The fourth-order valence-corrected chi connectivity index (χ4v) is 4.28. The van der Waals surface area contributed by atoms with Crippen LogP contribution in [0.2, 0.25) is 5.02 Å². The maximum atomic E-state index is 13.1. The molecule has 2 N–H and O–H groups in total. The van der Waals surface area contributed by atoms with Crippen LogP contribution in [-0.4, -0.2) is 42.0 Å². The van der Waals surface area contributed by atoms with E-state index < -0.39 is 5.91 Å². The summed E-state index contributed by atoms with van der Waals surface area (Å²) in [5.74, 6) is -0.942. The van der Waals surface area contributed by atoms with E-state index in [0.29, 0.717) is 29.1 Å². The molecule has 0 saturated heterocycles. The number of carbonyl (C=O) groups excluding carboxylic acids is 3. The van der Waals surface area contributed by atoms with Crippen molar-refractivity contribution < 1.29 is 14.4 Å². The van der Waals surface area contributed by atoms with E-state index in [0.717, 1.165) is 41.7 Å². The van der Waals surface area contributed by atoms with Gasteiger partial charge in [0.15, 0.2) is 0 Å². The molecule has 0 aromatic heterocycles. The average Bonchev–Trinajstić information content (AvgIpc) is 2.81. The van der Waals surface area contributed by atoms with E-state index in [2.05, 4.69) is 12.0 Å². The zero-order valence-corrected chi connectivity index (χ0v) is 20.7. The largest absolute Gasteiger partial charge is 0.366 e. The molecule has 0 spiro atoms. The highest BCUT2D eigenvalue weighted by atomic mass is 35.5. The summed E-state index contributed by atoms with van der Waals surface area (Å²) >= 11 is 5.97. The number of nitrogens with two attached hydrogens (primary N) is 1. The molecule has 2 aromatic carbocycles. The molecule has 180 valence electrons. The molecule has 0 radical (unpaired) electrons. The molecule has 0 atom stereocenters. The summed E-state index contributed by atoms with van der Waals surface area (Å²) in [5.41, 5.74) is 10.1. The van der Waals surface area contributed by atoms with Crippen LogP contribution >= 0.6 is 11.6 Å². The lowest BCUT2D eigenvalue weighted by Gasteiger charge is -2.27. The van der Waals surface area contributed by atoms with Gasteiger partial charge in [0.25, 0.3) is 0 Å². The number of rotatable bonds is 9. The monoisotopic (exact) mass is 482 g/mol. The highest BCUT2D eigenvalue weighted by Gasteiger charge is 2.26. The maximum absolute atomic E-state index is 13.1. The standard InChI is InChI=1S/C26H31ClN4O3/c1-4-5-6-7-20-17(2)23(14-12-21(20)26(28)34)30(3)25(33)16-31-24(32)15-13-22(29-31)18-8-10-19(27)11-9-18/h8-12,14H,4-7,13,15-16H2,1-3H3,(H2,28,34). The summed E-state index contributed by atoms with van der Waals surface area (Å²) < 4.78 is 0. The number of anilines is 1. The number of benzene rings is 2. The van der Waals surface area contributed by atoms with Crippen LogP contribution < -0.4 is 10.6 Å². The second-order valence-corrected chi connectivity index (χ2v) is 8.95. The minimum atomic E-state index is -0.474. The van der Waals surface area contributed by atoms with Crippen molar-refractivity contribution in [2.75, 3.05) is 18.5 Å². The molecule has 0 bridgehead atoms. The number of hydrogen-bond acceptors (Lipinski definition) is 4. The minimum absolute atomic E-state index is 0.172. The molecule has 0 fully saturated rings. The Labute approximate surface area is 205 Å². The van der Waals surface area contributed by atoms with Crippen LogP contribution in [0.25, 0.3) is 0 Å². The van der Waals surface area contributed by atoms with Crippen molar-refractivity contribution in [3.05, 3.63) is 63.7 Å². The molecule has 0 unspecified atom stereocenters. The molecule has 34 heavy (non-hydrogen) atoms. The summed E-state index contributed by atoms with van der Waals surface area (Å²) in [6.07, 6.45) is 4.55. The fraction of sp³-hybridized carbons (Fsp3) is 0.385. The lowest BCUT2D eigenvalue weighted by atomic mass is 9.94. The molecule has 1 heterocycles. The van der Waals surface area contributed by atoms with Gasteiger partial charge in [0.2, 0.25) is 17.7 Å². The topological polar surface area (TPSA) is 96.1 Å². The number of hydrogen-bond donors (Lipinski definition) is 1. The molecule has 0 saturated carbocycles. The van der Waals surface area contributed by atoms with Crippen molar-refractivity contribution in [1.29, 1.82) is 0 Å². The third-order valence-electron chi connectivity index (χ3n) is 6.17. The van der Waals surface area contributed by atoms with Crippen molar-refractivity contribution in [3.63, 3.8) is 0 Å². The molecule has 1 aliphatic rings. The Morgan fingerprint density at radius 1 is 1.12 bits per heavy atom. The molecule has 0 aliphatic carbocycles. The van der Waals surface area contributed by atoms with Crippen molar-refractivity contribution in [1.82, 2.24) is 5.01 Å². The van der Waals surface area contributed by atoms with Crippen LogP contribution in [0.4, 0.5) is 5.69 Å². The summed E-state index contributed by atoms with van der Waals surface area (Å²) in [5, 5.41) is 6.31. The first-order valence-electron chi connectivity index (χ1n) is 11.6. The van der Waals surface area contributed by atoms with E-state index in [1.807, 2.05) is 19.1 Å². The lowest BCUT2D eigenvalue weighted by Crippen LogP contribution is -2.41. The number of primary amides is 1. The molecular formula is C26H31ClN4O3. The van der Waals surface area contributed by atoms with Gasteiger partial charge in [0.05, 0.1) is 5.71 Å². The van der Waals surface area contributed by atoms with Crippen LogP contribution in [0.1, 0.15) is 66.1 Å². The van der Waals surface area contributed by atoms with E-state index in [4.69, 9.17) is 17.3 Å². The van der Waals surface area contributed by atoms with Crippen molar-refractivity contribution in [2.24, 2.45) is 10.8 Å². The predicted molar refractivity (Wildman–Crippen MR) is 135 cm³/mol. The average molecular weight is 483 g/mol. The number of unbranched alkanes of at least 4 members (excludes halogenated alkanes) is 2. The van der Waals surface area contributed by atoms with Gasteiger partial charge in [-0.3, -0.25) is 14.4 Å². The van der Waals surface area contributed by atoms with Gasteiger partial charge in [-0.2, -0.15) is 5.10 Å². The van der Waals surface area contributed by atoms with Crippen molar-refractivity contribution in [3.8, 4) is 0 Å². The molecule has 2 aromatic rings. The normalized spacial score (nSPS) is 13.6. The van der Waals surface area contributed by atoms with Gasteiger partial charge in [-0.05, 0) is 60.7 Å². The number of likely N-dealkylation sites (N-methyl/N-ethyl adjacent to an activating group) is 1. The van der Waals surface area contributed by atoms with E-state index >= 15 is 0 Å². The quantitative estimate of drug-likeness (QED) is 0.534. The molecular weight excluding hydrogens is 452 g/mol. The second kappa shape index (κ2) is 11.3. The minimum Gasteiger partial charge on any atom is -0.366 e. The second-order valence-electron chi connectivity index (χ2n) is 8.51. The molecule has 1 aliphatic heterocycles. The summed E-state index contributed by atoms with van der Waals surface area (Å²) in [6, 6.07) is 10.7. The first-order chi connectivity index (χ1) is 16.2. The number of amides is 3. The zero-order chi connectivity index (χ0) is 24.8. The highest BCUT2D eigenvalue weighted by molar-refractivity contribution is 6.30. The number of hydrazone groups is 1. The van der Waals surface area contributed by atoms with Gasteiger partial charge in [0.1, 0.15) is 6.54 Å². The third-order valence-corrected chi connectivity index (χ3v) is 6.42. The van der Waals surface area contributed by atoms with E-state index in [1.54, 1.807) is 31.3 Å². The first kappa shape index (κ1) is 25.4. The van der Waals surface area contributed by atoms with Gasteiger partial charge in [0, 0.05) is 36.2 Å². The smallest absolute Gasteiger partial charge is 0.248 e. The van der Waals surface area contributed by atoms with Gasteiger partial charge >= 0.3 is 0 Å². The van der Waals surface area contributed by atoms with Crippen LogP contribution in [0.15, 0.2) is 41.5 Å². The Kier molecular flexibility index (Phi) is 8.45. The Morgan fingerprint density at radius 3 is 2.47 bits per heavy atom. The highest BCUT2D eigenvalue weighted by Crippen LogP contribution is 2.28. The number of halogens is 1. The summed E-state index contributed by atoms with van der Waals surface area (Å²) in [6.45, 7) is 3.84. The van der Waals surface area contributed by atoms with Gasteiger partial charge < -0.3 is 10.6 Å². The van der Waals surface area contributed by atoms with Gasteiger partial charge in [-0.15, -0.1) is 0 Å². The third kappa shape index (κ3) is 5.83. The van der Waals surface area contributed by atoms with Crippen LogP contribution in [0.5, 0.6) is 0 Å². The molecule has 3 rings (SSSR count). The summed E-state index contributed by atoms with van der Waals surface area (Å²) in [4.78, 5) is 39.1. The Balaban J connectivity index is 1.82. The van der Waals surface area contributed by atoms with Gasteiger partial charge in [-0.1, -0.05) is 43.5 Å². The SMILES string of the molecule is CCCCCc1c(C(N)=O)ccc(N(C)C(=O)CN2N=C(c3ccc(Cl)cc3)CCC2=O)c1C. The van der Waals surface area contributed by atoms with E-state index in [-0.39, 0.29) is 24.8 Å². The van der Waals surface area contributed by atoms with Crippen molar-refractivity contribution >= 4 is 40.7 Å². The number of carbonyl (C=O) groups is 3. The Morgan fingerprint density at radius 2 is 1.82 bits per heavy atom. The lowest BCUT2D eigenvalue weighted by molar-refractivity contribution is -0.135. The predicted octanol–water partition coefficient (Wildman–Crippen LogP) is 4.47. The maximum Gasteiger partial charge on any atom is 0.248 e. The van der Waals surface area contributed by atoms with E-state index in [9.17, 15) is 14.4 Å². The molecule has 3 amide bonds.